The van der Waals surface area contributed by atoms with E-state index in [1.165, 1.54) is 12.1 Å². The lowest BCUT2D eigenvalue weighted by Crippen LogP contribution is -1.91. The first-order chi connectivity index (χ1) is 10.1. The Morgan fingerprint density at radius 1 is 1.05 bits per heavy atom. The average molecular weight is 324 g/mol. The van der Waals surface area contributed by atoms with E-state index in [9.17, 15) is 4.39 Å². The predicted molar refractivity (Wildman–Crippen MR) is 79.6 cm³/mol. The van der Waals surface area contributed by atoms with Crippen LogP contribution in [0.25, 0.3) is 22.6 Å². The predicted octanol–water partition coefficient (Wildman–Crippen LogP) is 4.43. The van der Waals surface area contributed by atoms with Gasteiger partial charge in [-0.1, -0.05) is 34.4 Å². The quantitative estimate of drug-likeness (QED) is 0.757. The molecule has 0 amide bonds. The van der Waals surface area contributed by atoms with Crippen LogP contribution >= 0.6 is 23.2 Å². The molecule has 0 spiro atoms. The van der Waals surface area contributed by atoms with Gasteiger partial charge in [-0.3, -0.25) is 0 Å². The van der Waals surface area contributed by atoms with E-state index in [0.717, 1.165) is 6.20 Å². The van der Waals surface area contributed by atoms with Gasteiger partial charge in [0.15, 0.2) is 11.6 Å². The van der Waals surface area contributed by atoms with Gasteiger partial charge in [-0.25, -0.2) is 9.37 Å². The van der Waals surface area contributed by atoms with Crippen LogP contribution in [0.4, 0.5) is 10.2 Å². The minimum Gasteiger partial charge on any atom is -0.380 e. The second-order valence-corrected chi connectivity index (χ2v) is 5.04. The Hall–Kier alpha value is -2.11. The first-order valence-electron chi connectivity index (χ1n) is 5.89. The summed E-state index contributed by atoms with van der Waals surface area (Å²) < 4.78 is 18.2. The summed E-state index contributed by atoms with van der Waals surface area (Å²) in [4.78, 5) is 3.96. The molecule has 1 aromatic carbocycles. The fraction of sp³-hybridized carbons (Fsp3) is 0. The molecule has 0 bridgehead atoms. The third-order valence-corrected chi connectivity index (χ3v) is 3.52. The Labute approximate surface area is 129 Å². The van der Waals surface area contributed by atoms with Crippen LogP contribution in [0.3, 0.4) is 0 Å². The van der Waals surface area contributed by atoms with Gasteiger partial charge in [-0.05, 0) is 24.3 Å². The fourth-order valence-corrected chi connectivity index (χ4v) is 2.55. The number of anilines is 1. The molecule has 2 N–H and O–H groups in total. The highest BCUT2D eigenvalue weighted by Crippen LogP contribution is 2.42. The molecule has 21 heavy (non-hydrogen) atoms. The monoisotopic (exact) mass is 323 g/mol. The summed E-state index contributed by atoms with van der Waals surface area (Å²) in [6, 6.07) is 7.80. The summed E-state index contributed by atoms with van der Waals surface area (Å²) in [5.41, 5.74) is 7.17. The molecule has 3 aromatic rings. The van der Waals surface area contributed by atoms with Crippen LogP contribution in [0.2, 0.25) is 10.0 Å². The number of pyridine rings is 1. The normalized spacial score (nSPS) is 10.8. The number of aromatic nitrogens is 2. The highest BCUT2D eigenvalue weighted by atomic mass is 35.5. The van der Waals surface area contributed by atoms with E-state index in [1.807, 2.05) is 0 Å². The van der Waals surface area contributed by atoms with Gasteiger partial charge in [0.2, 0.25) is 0 Å². The maximum absolute atomic E-state index is 13.0. The second kappa shape index (κ2) is 5.35. The Balaban J connectivity index is 2.25. The van der Waals surface area contributed by atoms with Gasteiger partial charge >= 0.3 is 0 Å². The molecule has 2 heterocycles. The van der Waals surface area contributed by atoms with Gasteiger partial charge in [0, 0.05) is 5.56 Å². The van der Waals surface area contributed by atoms with Crippen molar-refractivity contribution in [3.05, 3.63) is 52.4 Å². The van der Waals surface area contributed by atoms with Crippen LogP contribution in [0.15, 0.2) is 41.1 Å². The van der Waals surface area contributed by atoms with E-state index in [2.05, 4.69) is 10.1 Å². The minimum absolute atomic E-state index is 0.131. The number of rotatable bonds is 2. The van der Waals surface area contributed by atoms with E-state index in [-0.39, 0.29) is 11.6 Å². The van der Waals surface area contributed by atoms with Crippen LogP contribution in [-0.4, -0.2) is 10.1 Å². The van der Waals surface area contributed by atoms with Crippen molar-refractivity contribution in [2.75, 3.05) is 5.73 Å². The van der Waals surface area contributed by atoms with Gasteiger partial charge in [-0.15, -0.1) is 0 Å². The molecule has 3 rings (SSSR count). The Morgan fingerprint density at radius 3 is 2.38 bits per heavy atom. The highest BCUT2D eigenvalue weighted by molar-refractivity contribution is 6.39. The molecule has 0 radical (unpaired) electrons. The average Bonchev–Trinajstić information content (AvgIpc) is 2.82. The molecule has 0 aliphatic rings. The molecular weight excluding hydrogens is 316 g/mol. The third kappa shape index (κ3) is 2.46. The van der Waals surface area contributed by atoms with Crippen molar-refractivity contribution in [3.8, 4) is 22.6 Å². The van der Waals surface area contributed by atoms with Crippen molar-refractivity contribution in [1.29, 1.82) is 0 Å². The molecule has 0 saturated heterocycles. The first kappa shape index (κ1) is 13.9. The largest absolute Gasteiger partial charge is 0.380 e. The lowest BCUT2D eigenvalue weighted by atomic mass is 10.0. The molecule has 2 aromatic heterocycles. The molecular formula is C14H8Cl2FN3O. The maximum Gasteiger partial charge on any atom is 0.195 e. The zero-order valence-electron chi connectivity index (χ0n) is 10.5. The van der Waals surface area contributed by atoms with E-state index < -0.39 is 5.82 Å². The number of halogens is 3. The molecule has 0 fully saturated rings. The van der Waals surface area contributed by atoms with Crippen LogP contribution < -0.4 is 5.73 Å². The third-order valence-electron chi connectivity index (χ3n) is 2.89. The number of nitrogens with two attached hydrogens (primary N) is 1. The van der Waals surface area contributed by atoms with E-state index in [1.54, 1.807) is 18.2 Å². The maximum atomic E-state index is 13.0. The van der Waals surface area contributed by atoms with Crippen molar-refractivity contribution in [2.24, 2.45) is 0 Å². The summed E-state index contributed by atoms with van der Waals surface area (Å²) in [5, 5.41) is 4.53. The Morgan fingerprint density at radius 2 is 1.76 bits per heavy atom. The number of nitrogen functional groups attached to an aromatic ring is 1. The summed E-state index contributed by atoms with van der Waals surface area (Å²) in [5.74, 6) is -0.0443. The number of nitrogens with zero attached hydrogens (tertiary/aromatic N) is 2. The van der Waals surface area contributed by atoms with Crippen molar-refractivity contribution in [2.45, 2.75) is 0 Å². The van der Waals surface area contributed by atoms with E-state index >= 15 is 0 Å². The molecule has 106 valence electrons. The molecule has 0 aliphatic heterocycles. The zero-order valence-corrected chi connectivity index (χ0v) is 12.0. The summed E-state index contributed by atoms with van der Waals surface area (Å²) in [6.07, 6.45) is 1.08. The Kier molecular flexibility index (Phi) is 3.53. The van der Waals surface area contributed by atoms with Crippen molar-refractivity contribution >= 4 is 29.0 Å². The standard InChI is InChI=1S/C14H8Cl2FN3O/c15-8-2-1-3-9(16)11(8)12-13(21-20-14(12)18)10-5-4-7(17)6-19-10/h1-6H,(H2,18,20). The molecule has 0 saturated carbocycles. The van der Waals surface area contributed by atoms with E-state index in [0.29, 0.717) is 26.9 Å². The SMILES string of the molecule is Nc1noc(-c2ccc(F)cn2)c1-c1c(Cl)cccc1Cl. The molecule has 0 atom stereocenters. The summed E-state index contributed by atoms with van der Waals surface area (Å²) in [7, 11) is 0. The van der Waals surface area contributed by atoms with E-state index in [4.69, 9.17) is 33.5 Å². The van der Waals surface area contributed by atoms with Gasteiger partial charge < -0.3 is 10.3 Å². The minimum atomic E-state index is -0.455. The summed E-state index contributed by atoms with van der Waals surface area (Å²) >= 11 is 12.4. The zero-order chi connectivity index (χ0) is 15.0. The van der Waals surface area contributed by atoms with Gasteiger partial charge in [0.05, 0.1) is 21.8 Å². The second-order valence-electron chi connectivity index (χ2n) is 4.23. The van der Waals surface area contributed by atoms with Crippen molar-refractivity contribution < 1.29 is 8.91 Å². The fourth-order valence-electron chi connectivity index (χ4n) is 1.97. The number of benzene rings is 1. The van der Waals surface area contributed by atoms with Gasteiger partial charge in [-0.2, -0.15) is 0 Å². The highest BCUT2D eigenvalue weighted by Gasteiger charge is 2.22. The van der Waals surface area contributed by atoms with Gasteiger partial charge in [0.25, 0.3) is 0 Å². The number of hydrogen-bond acceptors (Lipinski definition) is 4. The van der Waals surface area contributed by atoms with Crippen molar-refractivity contribution in [1.82, 2.24) is 10.1 Å². The topological polar surface area (TPSA) is 64.9 Å². The number of hydrogen-bond donors (Lipinski definition) is 1. The lowest BCUT2D eigenvalue weighted by molar-refractivity contribution is 0.434. The molecule has 4 nitrogen and oxygen atoms in total. The lowest BCUT2D eigenvalue weighted by Gasteiger charge is -2.07. The van der Waals surface area contributed by atoms with Crippen LogP contribution in [0.1, 0.15) is 0 Å². The van der Waals surface area contributed by atoms with Crippen LogP contribution in [0.5, 0.6) is 0 Å². The Bertz CT molecular complexity index is 782. The summed E-state index contributed by atoms with van der Waals surface area (Å²) in [6.45, 7) is 0. The first-order valence-corrected chi connectivity index (χ1v) is 6.65. The van der Waals surface area contributed by atoms with Crippen molar-refractivity contribution in [3.63, 3.8) is 0 Å². The van der Waals surface area contributed by atoms with Crippen LogP contribution in [0, 0.1) is 5.82 Å². The molecule has 0 unspecified atom stereocenters. The molecule has 7 heteroatoms. The van der Waals surface area contributed by atoms with Crippen LogP contribution in [-0.2, 0) is 0 Å². The van der Waals surface area contributed by atoms with Gasteiger partial charge in [0.1, 0.15) is 11.5 Å². The molecule has 0 aliphatic carbocycles. The smallest absolute Gasteiger partial charge is 0.195 e.